The van der Waals surface area contributed by atoms with Gasteiger partial charge in [0.25, 0.3) is 5.91 Å². The van der Waals surface area contributed by atoms with Crippen LogP contribution in [0.5, 0.6) is 11.5 Å². The molecule has 1 aliphatic rings. The summed E-state index contributed by atoms with van der Waals surface area (Å²) in [5.41, 5.74) is 1.10. The minimum Gasteiger partial charge on any atom is -0.489 e. The summed E-state index contributed by atoms with van der Waals surface area (Å²) < 4.78 is 11.2. The van der Waals surface area contributed by atoms with Crippen molar-refractivity contribution in [3.8, 4) is 11.5 Å². The van der Waals surface area contributed by atoms with Crippen LogP contribution >= 0.6 is 12.4 Å². The van der Waals surface area contributed by atoms with E-state index in [4.69, 9.17) is 9.47 Å². The summed E-state index contributed by atoms with van der Waals surface area (Å²) >= 11 is 0. The van der Waals surface area contributed by atoms with E-state index in [-0.39, 0.29) is 30.8 Å². The summed E-state index contributed by atoms with van der Waals surface area (Å²) in [6, 6.07) is 17.1. The van der Waals surface area contributed by atoms with Gasteiger partial charge in [0, 0.05) is 25.6 Å². The Morgan fingerprint density at radius 1 is 1.04 bits per heavy atom. The minimum atomic E-state index is -0.403. The van der Waals surface area contributed by atoms with Crippen LogP contribution in [0, 0.1) is 5.92 Å². The third-order valence-corrected chi connectivity index (χ3v) is 4.31. The number of rotatable bonds is 8. The fraction of sp³-hybridized carbons (Fsp3) is 0.350. The van der Waals surface area contributed by atoms with Crippen molar-refractivity contribution in [1.29, 1.82) is 0 Å². The molecule has 2 aromatic rings. The number of aliphatic hydroxyl groups is 1. The molecule has 0 aliphatic carbocycles. The number of hydrogen-bond acceptors (Lipinski definition) is 5. The maximum Gasteiger partial charge on any atom is 0.257 e. The second-order valence-electron chi connectivity index (χ2n) is 6.32. The Morgan fingerprint density at radius 2 is 1.70 bits per heavy atom. The average Bonchev–Trinajstić information content (AvgIpc) is 3.09. The lowest BCUT2D eigenvalue weighted by atomic mass is 10.1. The number of aliphatic hydroxyl groups excluding tert-OH is 1. The van der Waals surface area contributed by atoms with Crippen molar-refractivity contribution in [3.63, 3.8) is 0 Å². The van der Waals surface area contributed by atoms with Crippen LogP contribution in [0.2, 0.25) is 0 Å². The largest absolute Gasteiger partial charge is 0.489 e. The standard InChI is InChI=1S/C20H24N2O4.ClH/c23-19-12-21-10-16(19)11-22-20(24)14-26-18-8-6-17(7-9-18)25-13-15-4-2-1-3-5-15;/h1-9,16,19,21,23H,10-14H2,(H,22,24);1H. The van der Waals surface area contributed by atoms with Crippen molar-refractivity contribution in [2.75, 3.05) is 26.2 Å². The Bertz CT molecular complexity index is 697. The van der Waals surface area contributed by atoms with Crippen LogP contribution in [0.15, 0.2) is 54.6 Å². The van der Waals surface area contributed by atoms with E-state index in [0.717, 1.165) is 11.3 Å². The summed E-state index contributed by atoms with van der Waals surface area (Å²) in [4.78, 5) is 11.8. The zero-order valence-corrected chi connectivity index (χ0v) is 15.8. The fourth-order valence-corrected chi connectivity index (χ4v) is 2.75. The third kappa shape index (κ3) is 6.75. The Morgan fingerprint density at radius 3 is 2.33 bits per heavy atom. The van der Waals surface area contributed by atoms with Crippen molar-refractivity contribution < 1.29 is 19.4 Å². The number of carbonyl (C=O) groups excluding carboxylic acids is 1. The van der Waals surface area contributed by atoms with Crippen molar-refractivity contribution >= 4 is 18.3 Å². The van der Waals surface area contributed by atoms with Crippen molar-refractivity contribution in [3.05, 3.63) is 60.2 Å². The molecule has 3 rings (SSSR count). The highest BCUT2D eigenvalue weighted by Gasteiger charge is 2.24. The van der Waals surface area contributed by atoms with Crippen molar-refractivity contribution in [2.45, 2.75) is 12.7 Å². The van der Waals surface area contributed by atoms with Gasteiger partial charge in [0.15, 0.2) is 6.61 Å². The van der Waals surface area contributed by atoms with Gasteiger partial charge < -0.3 is 25.2 Å². The monoisotopic (exact) mass is 392 g/mol. The molecule has 27 heavy (non-hydrogen) atoms. The molecule has 0 aromatic heterocycles. The number of halogens is 1. The number of amides is 1. The minimum absolute atomic E-state index is 0. The number of benzene rings is 2. The average molecular weight is 393 g/mol. The van der Waals surface area contributed by atoms with E-state index >= 15 is 0 Å². The van der Waals surface area contributed by atoms with Crippen LogP contribution in [0.3, 0.4) is 0 Å². The lowest BCUT2D eigenvalue weighted by molar-refractivity contribution is -0.123. The molecule has 2 unspecified atom stereocenters. The molecule has 1 amide bonds. The van der Waals surface area contributed by atoms with E-state index in [1.54, 1.807) is 12.1 Å². The summed E-state index contributed by atoms with van der Waals surface area (Å²) in [6.07, 6.45) is -0.403. The molecular formula is C20H25ClN2O4. The SMILES string of the molecule is Cl.O=C(COc1ccc(OCc2ccccc2)cc1)NCC1CNCC1O. The van der Waals surface area contributed by atoms with Gasteiger partial charge in [-0.2, -0.15) is 0 Å². The van der Waals surface area contributed by atoms with Crippen LogP contribution in [-0.2, 0) is 11.4 Å². The number of carbonyl (C=O) groups is 1. The first kappa shape index (κ1) is 21.0. The third-order valence-electron chi connectivity index (χ3n) is 4.31. The van der Waals surface area contributed by atoms with Crippen LogP contribution in [0.4, 0.5) is 0 Å². The lowest BCUT2D eigenvalue weighted by Crippen LogP contribution is -2.36. The Kier molecular flexibility index (Phi) is 8.39. The summed E-state index contributed by atoms with van der Waals surface area (Å²) in [6.45, 7) is 2.19. The molecule has 146 valence electrons. The molecule has 1 saturated heterocycles. The summed E-state index contributed by atoms with van der Waals surface area (Å²) in [7, 11) is 0. The normalized spacial score (nSPS) is 18.4. The molecule has 0 bridgehead atoms. The molecule has 7 heteroatoms. The molecule has 2 aromatic carbocycles. The Labute approximate surface area is 165 Å². The fourth-order valence-electron chi connectivity index (χ4n) is 2.75. The predicted molar refractivity (Wildman–Crippen MR) is 105 cm³/mol. The summed E-state index contributed by atoms with van der Waals surface area (Å²) in [5, 5.41) is 15.6. The first-order valence-corrected chi connectivity index (χ1v) is 8.76. The smallest absolute Gasteiger partial charge is 0.257 e. The van der Waals surface area contributed by atoms with Crippen LogP contribution in [0.25, 0.3) is 0 Å². The van der Waals surface area contributed by atoms with E-state index in [2.05, 4.69) is 10.6 Å². The van der Waals surface area contributed by atoms with E-state index < -0.39 is 6.10 Å². The van der Waals surface area contributed by atoms with Gasteiger partial charge in [-0.15, -0.1) is 12.4 Å². The molecular weight excluding hydrogens is 368 g/mol. The number of β-amino-alcohol motifs (C(OH)–C–C–N with tert-alkyl or cyclic N) is 1. The van der Waals surface area contributed by atoms with Crippen molar-refractivity contribution in [2.24, 2.45) is 5.92 Å². The van der Waals surface area contributed by atoms with E-state index in [0.29, 0.717) is 32.0 Å². The molecule has 0 spiro atoms. The topological polar surface area (TPSA) is 79.8 Å². The first-order chi connectivity index (χ1) is 12.7. The van der Waals surface area contributed by atoms with Gasteiger partial charge in [0.05, 0.1) is 6.10 Å². The zero-order chi connectivity index (χ0) is 18.2. The van der Waals surface area contributed by atoms with Gasteiger partial charge >= 0.3 is 0 Å². The molecule has 6 nitrogen and oxygen atoms in total. The molecule has 1 fully saturated rings. The molecule has 3 N–H and O–H groups in total. The summed E-state index contributed by atoms with van der Waals surface area (Å²) in [5.74, 6) is 1.21. The maximum atomic E-state index is 11.8. The highest BCUT2D eigenvalue weighted by Crippen LogP contribution is 2.18. The number of nitrogens with one attached hydrogen (secondary N) is 2. The number of ether oxygens (including phenoxy) is 2. The van der Waals surface area contributed by atoms with E-state index in [9.17, 15) is 9.90 Å². The Hall–Kier alpha value is -2.28. The van der Waals surface area contributed by atoms with Gasteiger partial charge in [-0.3, -0.25) is 4.79 Å². The van der Waals surface area contributed by atoms with Gasteiger partial charge in [-0.1, -0.05) is 30.3 Å². The first-order valence-electron chi connectivity index (χ1n) is 8.76. The molecule has 1 heterocycles. The van der Waals surface area contributed by atoms with Gasteiger partial charge in [-0.25, -0.2) is 0 Å². The second-order valence-corrected chi connectivity index (χ2v) is 6.32. The molecule has 0 saturated carbocycles. The van der Waals surface area contributed by atoms with Crippen LogP contribution in [0.1, 0.15) is 5.56 Å². The molecule has 2 atom stereocenters. The van der Waals surface area contributed by atoms with E-state index in [1.165, 1.54) is 0 Å². The highest BCUT2D eigenvalue weighted by molar-refractivity contribution is 5.85. The van der Waals surface area contributed by atoms with E-state index in [1.807, 2.05) is 42.5 Å². The van der Waals surface area contributed by atoms with Crippen LogP contribution < -0.4 is 20.1 Å². The molecule has 1 aliphatic heterocycles. The zero-order valence-electron chi connectivity index (χ0n) is 15.0. The van der Waals surface area contributed by atoms with Crippen molar-refractivity contribution in [1.82, 2.24) is 10.6 Å². The van der Waals surface area contributed by atoms with Gasteiger partial charge in [-0.05, 0) is 29.8 Å². The maximum absolute atomic E-state index is 11.8. The van der Waals surface area contributed by atoms with Gasteiger partial charge in [0.1, 0.15) is 18.1 Å². The lowest BCUT2D eigenvalue weighted by Gasteiger charge is -2.14. The van der Waals surface area contributed by atoms with Crippen LogP contribution in [-0.4, -0.2) is 43.4 Å². The van der Waals surface area contributed by atoms with Gasteiger partial charge in [0.2, 0.25) is 0 Å². The second kappa shape index (κ2) is 10.8. The number of hydrogen-bond donors (Lipinski definition) is 3. The Balaban J connectivity index is 0.00000261. The highest BCUT2D eigenvalue weighted by atomic mass is 35.5. The molecule has 0 radical (unpaired) electrons. The quantitative estimate of drug-likeness (QED) is 0.638. The predicted octanol–water partition coefficient (Wildman–Crippen LogP) is 1.76.